The van der Waals surface area contributed by atoms with Crippen molar-refractivity contribution in [1.82, 2.24) is 20.3 Å². The van der Waals surface area contributed by atoms with Crippen molar-refractivity contribution >= 4 is 33.8 Å². The maximum absolute atomic E-state index is 14.3. The Bertz CT molecular complexity index is 1440. The van der Waals surface area contributed by atoms with E-state index >= 15 is 0 Å². The van der Waals surface area contributed by atoms with Gasteiger partial charge in [0.25, 0.3) is 5.91 Å². The van der Waals surface area contributed by atoms with Gasteiger partial charge < -0.3 is 20.3 Å². The summed E-state index contributed by atoms with van der Waals surface area (Å²) in [5.41, 5.74) is -2.10. The van der Waals surface area contributed by atoms with Crippen molar-refractivity contribution in [3.63, 3.8) is 0 Å². The number of sulfonamides is 1. The minimum Gasteiger partial charge on any atom is -0.444 e. The van der Waals surface area contributed by atoms with Crippen molar-refractivity contribution in [3.05, 3.63) is 12.2 Å². The SMILES string of the molecule is C=C(C)[C@H](NC(=O)OC(C)(C)C)C(=O)N1C[C@]2(C[C@H]1C(=O)N[C@]1(C(=O)NS(=O)(=O)C3(CCC)CC3)C[C@H]1CC)C(C)(C)C21CCC1. The first-order valence-corrected chi connectivity index (χ1v) is 18.5. The van der Waals surface area contributed by atoms with E-state index < -0.39 is 61.8 Å². The standard InChI is InChI=1S/C34H54N4O7S/c1-10-13-31(16-17-31)46(43,44)37-27(41)34(18-22(34)11-2)36-25(39)23-19-33(30(8,9)32(33)14-12-15-32)20-38(23)26(40)24(21(3)4)35-28(42)45-29(5,6)7/h22-24H,3,10-20H2,1-2,4-9H3,(H,35,42)(H,36,39)(H,37,41)/t22-,23+,24+,33-,34-/m1/s1. The van der Waals surface area contributed by atoms with Crippen molar-refractivity contribution < 1.29 is 32.3 Å². The van der Waals surface area contributed by atoms with Crippen LogP contribution in [0.4, 0.5) is 4.79 Å². The minimum absolute atomic E-state index is 0.0252. The number of nitrogens with one attached hydrogen (secondary N) is 3. The Morgan fingerprint density at radius 1 is 1.02 bits per heavy atom. The molecule has 5 fully saturated rings. The molecule has 0 radical (unpaired) electrons. The zero-order valence-corrected chi connectivity index (χ0v) is 29.7. The average Bonchev–Trinajstić information content (AvgIpc) is 3.83. The molecular weight excluding hydrogens is 608 g/mol. The van der Waals surface area contributed by atoms with Crippen molar-refractivity contribution in [2.45, 2.75) is 148 Å². The van der Waals surface area contributed by atoms with Gasteiger partial charge in [-0.2, -0.15) is 0 Å². The predicted octanol–water partition coefficient (Wildman–Crippen LogP) is 4.32. The highest BCUT2D eigenvalue weighted by Crippen LogP contribution is 2.88. The van der Waals surface area contributed by atoms with Crippen LogP contribution < -0.4 is 15.4 Å². The van der Waals surface area contributed by atoms with E-state index in [1.165, 1.54) is 0 Å². The van der Waals surface area contributed by atoms with Crippen LogP contribution in [0.5, 0.6) is 0 Å². The Morgan fingerprint density at radius 3 is 2.09 bits per heavy atom. The highest BCUT2D eigenvalue weighted by atomic mass is 32.2. The van der Waals surface area contributed by atoms with Crippen LogP contribution in [-0.4, -0.2) is 71.6 Å². The van der Waals surface area contributed by atoms with E-state index in [1.807, 2.05) is 13.8 Å². The first kappa shape index (κ1) is 34.7. The van der Waals surface area contributed by atoms with Gasteiger partial charge in [-0.1, -0.05) is 53.5 Å². The van der Waals surface area contributed by atoms with Crippen LogP contribution in [0.1, 0.15) is 120 Å². The maximum atomic E-state index is 14.3. The molecule has 11 nitrogen and oxygen atoms in total. The number of carbonyl (C=O) groups is 4. The molecule has 0 unspecified atom stereocenters. The summed E-state index contributed by atoms with van der Waals surface area (Å²) in [5.74, 6) is -1.85. The van der Waals surface area contributed by atoms with Crippen LogP contribution in [0.3, 0.4) is 0 Å². The molecule has 5 aliphatic rings. The quantitative estimate of drug-likeness (QED) is 0.279. The van der Waals surface area contributed by atoms with Gasteiger partial charge in [-0.15, -0.1) is 0 Å². The van der Waals surface area contributed by atoms with E-state index in [-0.39, 0.29) is 22.2 Å². The van der Waals surface area contributed by atoms with E-state index in [2.05, 4.69) is 35.8 Å². The lowest BCUT2D eigenvalue weighted by Gasteiger charge is -2.32. The number of hydrogen-bond acceptors (Lipinski definition) is 7. The van der Waals surface area contributed by atoms with Crippen LogP contribution in [0.2, 0.25) is 0 Å². The lowest BCUT2D eigenvalue weighted by molar-refractivity contribution is -0.140. The fourth-order valence-corrected chi connectivity index (χ4v) is 11.0. The summed E-state index contributed by atoms with van der Waals surface area (Å²) in [6.45, 7) is 19.4. The molecule has 4 aliphatic carbocycles. The topological polar surface area (TPSA) is 151 Å². The van der Waals surface area contributed by atoms with Crippen molar-refractivity contribution in [2.75, 3.05) is 6.54 Å². The van der Waals surface area contributed by atoms with E-state index in [0.29, 0.717) is 57.1 Å². The third kappa shape index (κ3) is 5.15. The maximum Gasteiger partial charge on any atom is 0.408 e. The number of carbonyl (C=O) groups excluding carboxylic acids is 4. The summed E-state index contributed by atoms with van der Waals surface area (Å²) >= 11 is 0. The van der Waals surface area contributed by atoms with Gasteiger partial charge in [-0.25, -0.2) is 13.2 Å². The number of rotatable bonds is 11. The molecule has 1 saturated heterocycles. The van der Waals surface area contributed by atoms with Crippen LogP contribution in [0, 0.1) is 22.2 Å². The molecule has 0 aromatic carbocycles. The molecule has 5 rings (SSSR count). The summed E-state index contributed by atoms with van der Waals surface area (Å²) in [6, 6.07) is -2.01. The van der Waals surface area contributed by atoms with E-state index in [1.54, 1.807) is 32.6 Å². The molecule has 1 heterocycles. The smallest absolute Gasteiger partial charge is 0.408 e. The molecule has 46 heavy (non-hydrogen) atoms. The van der Waals surface area contributed by atoms with Crippen LogP contribution in [0.15, 0.2) is 12.2 Å². The number of nitrogens with zero attached hydrogens (tertiary/aromatic N) is 1. The molecular formula is C34H54N4O7S. The van der Waals surface area contributed by atoms with E-state index in [9.17, 15) is 27.6 Å². The molecule has 4 saturated carbocycles. The second-order valence-corrected chi connectivity index (χ2v) is 18.5. The second-order valence-electron chi connectivity index (χ2n) is 16.4. The largest absolute Gasteiger partial charge is 0.444 e. The summed E-state index contributed by atoms with van der Waals surface area (Å²) in [6.07, 6.45) is 5.92. The summed E-state index contributed by atoms with van der Waals surface area (Å²) in [7, 11) is -3.92. The molecule has 1 aliphatic heterocycles. The van der Waals surface area contributed by atoms with Gasteiger partial charge in [0.05, 0.1) is 4.75 Å². The zero-order valence-electron chi connectivity index (χ0n) is 28.9. The number of ether oxygens (including phenoxy) is 1. The van der Waals surface area contributed by atoms with Gasteiger partial charge in [0.1, 0.15) is 23.2 Å². The monoisotopic (exact) mass is 662 g/mol. The van der Waals surface area contributed by atoms with E-state index in [4.69, 9.17) is 4.74 Å². The molecule has 4 amide bonds. The number of alkyl carbamates (subject to hydrolysis) is 1. The van der Waals surface area contributed by atoms with Crippen molar-refractivity contribution in [3.8, 4) is 0 Å². The molecule has 5 atom stereocenters. The molecule has 3 N–H and O–H groups in total. The van der Waals surface area contributed by atoms with Gasteiger partial charge >= 0.3 is 6.09 Å². The van der Waals surface area contributed by atoms with Gasteiger partial charge in [0, 0.05) is 12.0 Å². The first-order valence-electron chi connectivity index (χ1n) is 17.0. The average molecular weight is 663 g/mol. The summed E-state index contributed by atoms with van der Waals surface area (Å²) in [4.78, 5) is 56.7. The number of amides is 4. The second kappa shape index (κ2) is 11.0. The van der Waals surface area contributed by atoms with Crippen LogP contribution >= 0.6 is 0 Å². The Balaban J connectivity index is 1.41. The van der Waals surface area contributed by atoms with E-state index in [0.717, 1.165) is 19.3 Å². The fraction of sp³-hybridized carbons (Fsp3) is 0.824. The van der Waals surface area contributed by atoms with Crippen molar-refractivity contribution in [1.29, 1.82) is 0 Å². The Hall–Kier alpha value is -2.63. The summed E-state index contributed by atoms with van der Waals surface area (Å²) in [5, 5.41) is 5.64. The highest BCUT2D eigenvalue weighted by Gasteiger charge is 2.85. The molecule has 0 aromatic rings. The van der Waals surface area contributed by atoms with Gasteiger partial charge in [0.2, 0.25) is 21.8 Å². The minimum atomic E-state index is -3.92. The lowest BCUT2D eigenvalue weighted by Crippen LogP contribution is -2.59. The third-order valence-electron chi connectivity index (χ3n) is 12.5. The van der Waals surface area contributed by atoms with Gasteiger partial charge in [-0.05, 0) is 95.0 Å². The molecule has 12 heteroatoms. The zero-order chi connectivity index (χ0) is 34.3. The lowest BCUT2D eigenvalue weighted by atomic mass is 9.73. The summed E-state index contributed by atoms with van der Waals surface area (Å²) < 4.78 is 33.5. The predicted molar refractivity (Wildman–Crippen MR) is 174 cm³/mol. The first-order chi connectivity index (χ1) is 21.2. The molecule has 0 aromatic heterocycles. The van der Waals surface area contributed by atoms with Crippen LogP contribution in [0.25, 0.3) is 0 Å². The highest BCUT2D eigenvalue weighted by molar-refractivity contribution is 7.91. The molecule has 258 valence electrons. The number of likely N-dealkylation sites (tertiary alicyclic amines) is 1. The van der Waals surface area contributed by atoms with Crippen molar-refractivity contribution in [2.24, 2.45) is 22.2 Å². The normalized spacial score (nSPS) is 31.8. The van der Waals surface area contributed by atoms with Gasteiger partial charge in [0.15, 0.2) is 0 Å². The molecule has 0 bridgehead atoms. The van der Waals surface area contributed by atoms with Crippen LogP contribution in [-0.2, 0) is 29.1 Å². The molecule has 2 spiro atoms. The Kier molecular flexibility index (Phi) is 8.26. The fourth-order valence-electron chi connectivity index (χ4n) is 9.23. The van der Waals surface area contributed by atoms with Gasteiger partial charge in [-0.3, -0.25) is 19.1 Å². The Labute approximate surface area is 274 Å². The number of fused-ring (bicyclic) bond motifs is 1. The third-order valence-corrected chi connectivity index (χ3v) is 14.7. The number of hydrogen-bond donors (Lipinski definition) is 3. The Morgan fingerprint density at radius 2 is 1.65 bits per heavy atom.